The van der Waals surface area contributed by atoms with E-state index in [1.807, 2.05) is 0 Å². The zero-order valence-electron chi connectivity index (χ0n) is 9.93. The van der Waals surface area contributed by atoms with E-state index in [0.29, 0.717) is 6.54 Å². The minimum atomic E-state index is -4.37. The largest absolute Gasteiger partial charge is 0.419 e. The molecule has 3 nitrogen and oxygen atoms in total. The van der Waals surface area contributed by atoms with Crippen molar-refractivity contribution in [2.24, 2.45) is 0 Å². The fourth-order valence-electron chi connectivity index (χ4n) is 2.08. The summed E-state index contributed by atoms with van der Waals surface area (Å²) in [6.07, 6.45) is -0.0529. The maximum atomic E-state index is 12.8. The minimum absolute atomic E-state index is 0.00324. The van der Waals surface area contributed by atoms with Crippen LogP contribution in [0.1, 0.15) is 24.8 Å². The summed E-state index contributed by atoms with van der Waals surface area (Å²) < 4.78 is 38.4. The number of hydrogen-bond acceptors (Lipinski definition) is 3. The number of halogens is 3. The second-order valence-electron chi connectivity index (χ2n) is 4.44. The van der Waals surface area contributed by atoms with Crippen LogP contribution in [0.3, 0.4) is 0 Å². The number of nitrogens with one attached hydrogen (secondary N) is 2. The van der Waals surface area contributed by atoms with Gasteiger partial charge in [0, 0.05) is 18.8 Å². The summed E-state index contributed by atoms with van der Waals surface area (Å²) in [5.74, 6) is -0.0706. The molecule has 1 saturated heterocycles. The van der Waals surface area contributed by atoms with Crippen LogP contribution >= 0.6 is 0 Å². The van der Waals surface area contributed by atoms with Crippen molar-refractivity contribution in [2.75, 3.05) is 18.4 Å². The SMILES string of the molecule is FC(F)(F)c1cccnc1NC1CCCCNC1. The molecule has 0 radical (unpaired) electrons. The highest BCUT2D eigenvalue weighted by atomic mass is 19.4. The number of alkyl halides is 3. The molecule has 2 heterocycles. The van der Waals surface area contributed by atoms with Crippen LogP contribution in [0.15, 0.2) is 18.3 Å². The summed E-state index contributed by atoms with van der Waals surface area (Å²) in [7, 11) is 0. The maximum absolute atomic E-state index is 12.8. The molecule has 0 saturated carbocycles. The molecule has 0 aliphatic carbocycles. The van der Waals surface area contributed by atoms with Crippen LogP contribution in [-0.2, 0) is 6.18 Å². The van der Waals surface area contributed by atoms with Crippen LogP contribution in [0.4, 0.5) is 19.0 Å². The number of hydrogen-bond donors (Lipinski definition) is 2. The monoisotopic (exact) mass is 259 g/mol. The molecule has 2 N–H and O–H groups in total. The van der Waals surface area contributed by atoms with Gasteiger partial charge < -0.3 is 10.6 Å². The first kappa shape index (κ1) is 13.1. The molecular formula is C12H16F3N3. The number of nitrogens with zero attached hydrogens (tertiary/aromatic N) is 1. The molecule has 0 amide bonds. The number of anilines is 1. The first-order chi connectivity index (χ1) is 8.57. The molecule has 1 atom stereocenters. The Hall–Kier alpha value is -1.30. The third-order valence-electron chi connectivity index (χ3n) is 3.00. The van der Waals surface area contributed by atoms with Crippen LogP contribution < -0.4 is 10.6 Å². The van der Waals surface area contributed by atoms with E-state index in [0.717, 1.165) is 31.9 Å². The molecular weight excluding hydrogens is 243 g/mol. The highest BCUT2D eigenvalue weighted by molar-refractivity contribution is 5.46. The lowest BCUT2D eigenvalue weighted by molar-refractivity contribution is -0.137. The van der Waals surface area contributed by atoms with Gasteiger partial charge in [0.05, 0.1) is 5.56 Å². The Morgan fingerprint density at radius 2 is 2.17 bits per heavy atom. The van der Waals surface area contributed by atoms with Gasteiger partial charge in [-0.1, -0.05) is 6.42 Å². The molecule has 6 heteroatoms. The van der Waals surface area contributed by atoms with E-state index in [1.165, 1.54) is 12.3 Å². The van der Waals surface area contributed by atoms with Crippen LogP contribution in [0.25, 0.3) is 0 Å². The van der Waals surface area contributed by atoms with E-state index in [2.05, 4.69) is 15.6 Å². The number of aromatic nitrogens is 1. The van der Waals surface area contributed by atoms with Gasteiger partial charge in [0.2, 0.25) is 0 Å². The highest BCUT2D eigenvalue weighted by Gasteiger charge is 2.34. The Morgan fingerprint density at radius 3 is 2.94 bits per heavy atom. The summed E-state index contributed by atoms with van der Waals surface area (Å²) >= 11 is 0. The predicted molar refractivity (Wildman–Crippen MR) is 63.4 cm³/mol. The van der Waals surface area contributed by atoms with E-state index >= 15 is 0 Å². The summed E-state index contributed by atoms with van der Waals surface area (Å²) in [4.78, 5) is 3.81. The fraction of sp³-hybridized carbons (Fsp3) is 0.583. The first-order valence-electron chi connectivity index (χ1n) is 6.07. The molecule has 0 bridgehead atoms. The fourth-order valence-corrected chi connectivity index (χ4v) is 2.08. The predicted octanol–water partition coefficient (Wildman–Crippen LogP) is 2.65. The zero-order valence-corrected chi connectivity index (χ0v) is 9.93. The van der Waals surface area contributed by atoms with E-state index < -0.39 is 11.7 Å². The molecule has 1 fully saturated rings. The maximum Gasteiger partial charge on any atom is 0.419 e. The van der Waals surface area contributed by atoms with Crippen molar-refractivity contribution in [3.63, 3.8) is 0 Å². The van der Waals surface area contributed by atoms with Crippen molar-refractivity contribution in [3.8, 4) is 0 Å². The second kappa shape index (κ2) is 5.56. The molecule has 1 aromatic heterocycles. The number of rotatable bonds is 2. The lowest BCUT2D eigenvalue weighted by Gasteiger charge is -2.20. The van der Waals surface area contributed by atoms with Crippen molar-refractivity contribution < 1.29 is 13.2 Å². The van der Waals surface area contributed by atoms with Gasteiger partial charge in [-0.2, -0.15) is 13.2 Å². The molecule has 1 aromatic rings. The molecule has 100 valence electrons. The third kappa shape index (κ3) is 3.35. The normalized spacial score (nSPS) is 21.4. The molecule has 2 rings (SSSR count). The van der Waals surface area contributed by atoms with Gasteiger partial charge in [-0.05, 0) is 31.5 Å². The lowest BCUT2D eigenvalue weighted by Crippen LogP contribution is -2.32. The Bertz CT molecular complexity index is 384. The van der Waals surface area contributed by atoms with Gasteiger partial charge in [-0.25, -0.2) is 4.98 Å². The highest BCUT2D eigenvalue weighted by Crippen LogP contribution is 2.33. The molecule has 0 spiro atoms. The van der Waals surface area contributed by atoms with Gasteiger partial charge in [-0.3, -0.25) is 0 Å². The topological polar surface area (TPSA) is 37.0 Å². The summed E-state index contributed by atoms with van der Waals surface area (Å²) in [5, 5.41) is 6.11. The van der Waals surface area contributed by atoms with Crippen LogP contribution in [-0.4, -0.2) is 24.1 Å². The van der Waals surface area contributed by atoms with E-state index in [1.54, 1.807) is 0 Å². The molecule has 1 aliphatic heterocycles. The van der Waals surface area contributed by atoms with Crippen molar-refractivity contribution in [2.45, 2.75) is 31.5 Å². The Kier molecular flexibility index (Phi) is 4.06. The van der Waals surface area contributed by atoms with Gasteiger partial charge in [0.15, 0.2) is 0 Å². The van der Waals surface area contributed by atoms with Crippen LogP contribution in [0.2, 0.25) is 0 Å². The Morgan fingerprint density at radius 1 is 1.33 bits per heavy atom. The molecule has 18 heavy (non-hydrogen) atoms. The van der Waals surface area contributed by atoms with E-state index in [9.17, 15) is 13.2 Å². The van der Waals surface area contributed by atoms with Crippen LogP contribution in [0, 0.1) is 0 Å². The van der Waals surface area contributed by atoms with Crippen LogP contribution in [0.5, 0.6) is 0 Å². The van der Waals surface area contributed by atoms with E-state index in [-0.39, 0.29) is 11.9 Å². The van der Waals surface area contributed by atoms with Gasteiger partial charge >= 0.3 is 6.18 Å². The van der Waals surface area contributed by atoms with Gasteiger partial charge in [0.1, 0.15) is 5.82 Å². The zero-order chi connectivity index (χ0) is 13.0. The van der Waals surface area contributed by atoms with Gasteiger partial charge in [-0.15, -0.1) is 0 Å². The average Bonchev–Trinajstić information content (AvgIpc) is 2.57. The van der Waals surface area contributed by atoms with E-state index in [4.69, 9.17) is 0 Å². The van der Waals surface area contributed by atoms with Crippen molar-refractivity contribution >= 4 is 5.82 Å². The van der Waals surface area contributed by atoms with Gasteiger partial charge in [0.25, 0.3) is 0 Å². The van der Waals surface area contributed by atoms with Crippen molar-refractivity contribution in [3.05, 3.63) is 23.9 Å². The summed E-state index contributed by atoms with van der Waals surface area (Å²) in [6, 6.07) is 2.36. The molecule has 1 aliphatic rings. The first-order valence-corrected chi connectivity index (χ1v) is 6.07. The Labute approximate surface area is 104 Å². The standard InChI is InChI=1S/C12H16F3N3/c13-12(14,15)10-5-3-7-17-11(10)18-9-4-1-2-6-16-8-9/h3,5,7,9,16H,1-2,4,6,8H2,(H,17,18). The third-order valence-corrected chi connectivity index (χ3v) is 3.00. The molecule has 1 unspecified atom stereocenters. The summed E-state index contributed by atoms with van der Waals surface area (Å²) in [5.41, 5.74) is -0.700. The lowest BCUT2D eigenvalue weighted by atomic mass is 10.1. The molecule has 0 aromatic carbocycles. The number of pyridine rings is 1. The smallest absolute Gasteiger partial charge is 0.366 e. The average molecular weight is 259 g/mol. The quantitative estimate of drug-likeness (QED) is 0.857. The Balaban J connectivity index is 2.13. The van der Waals surface area contributed by atoms with Crippen molar-refractivity contribution in [1.82, 2.24) is 10.3 Å². The van der Waals surface area contributed by atoms with Crippen molar-refractivity contribution in [1.29, 1.82) is 0 Å². The summed E-state index contributed by atoms with van der Waals surface area (Å²) in [6.45, 7) is 1.60. The minimum Gasteiger partial charge on any atom is -0.366 e. The second-order valence-corrected chi connectivity index (χ2v) is 4.44.